The minimum atomic E-state index is -0.334. The lowest BCUT2D eigenvalue weighted by atomic mass is 9.70. The van der Waals surface area contributed by atoms with Crippen molar-refractivity contribution >= 4 is 29.1 Å². The Morgan fingerprint density at radius 2 is 1.93 bits per heavy atom. The lowest BCUT2D eigenvalue weighted by molar-refractivity contribution is -0.120. The predicted octanol–water partition coefficient (Wildman–Crippen LogP) is 2.86. The number of amides is 3. The number of fused-ring (bicyclic) bond motifs is 2. The first kappa shape index (κ1) is 20.6. The van der Waals surface area contributed by atoms with E-state index in [1.165, 1.54) is 6.42 Å². The fourth-order valence-electron chi connectivity index (χ4n) is 5.24. The van der Waals surface area contributed by atoms with Crippen molar-refractivity contribution < 1.29 is 14.4 Å². The number of hydrogen-bond acceptors (Lipinski definition) is 4. The van der Waals surface area contributed by atoms with Gasteiger partial charge in [-0.05, 0) is 61.3 Å². The van der Waals surface area contributed by atoms with Gasteiger partial charge in [-0.25, -0.2) is 5.43 Å². The van der Waals surface area contributed by atoms with E-state index in [0.29, 0.717) is 24.4 Å². The molecule has 2 atom stereocenters. The maximum absolute atomic E-state index is 12.3. The summed E-state index contributed by atoms with van der Waals surface area (Å²) in [5, 5.41) is 7.05. The number of carbonyl (C=O) groups is 3. The van der Waals surface area contributed by atoms with E-state index >= 15 is 0 Å². The van der Waals surface area contributed by atoms with Gasteiger partial charge in [-0.1, -0.05) is 20.8 Å². The van der Waals surface area contributed by atoms with Crippen LogP contribution in [0.2, 0.25) is 0 Å². The summed E-state index contributed by atoms with van der Waals surface area (Å²) in [4.78, 5) is 38.1. The molecule has 1 heterocycles. The summed E-state index contributed by atoms with van der Waals surface area (Å²) in [5.74, 6) is 0.0688. The van der Waals surface area contributed by atoms with Crippen LogP contribution in [0.1, 0.15) is 63.2 Å². The van der Waals surface area contributed by atoms with Crippen LogP contribution in [0.5, 0.6) is 0 Å². The summed E-state index contributed by atoms with van der Waals surface area (Å²) < 4.78 is 0. The van der Waals surface area contributed by atoms with E-state index in [1.54, 1.807) is 29.2 Å². The summed E-state index contributed by atoms with van der Waals surface area (Å²) >= 11 is 0. The van der Waals surface area contributed by atoms with Gasteiger partial charge in [-0.2, -0.15) is 5.10 Å². The Bertz CT molecular complexity index is 906. The normalized spacial score (nSPS) is 28.2. The molecule has 3 fully saturated rings. The summed E-state index contributed by atoms with van der Waals surface area (Å²) in [6.07, 6.45) is 4.69. The van der Waals surface area contributed by atoms with E-state index in [4.69, 9.17) is 0 Å². The van der Waals surface area contributed by atoms with Crippen molar-refractivity contribution in [1.29, 1.82) is 0 Å². The zero-order valence-corrected chi connectivity index (χ0v) is 18.0. The van der Waals surface area contributed by atoms with E-state index in [9.17, 15) is 14.4 Å². The topological polar surface area (TPSA) is 90.9 Å². The first-order valence-electron chi connectivity index (χ1n) is 10.8. The third kappa shape index (κ3) is 3.40. The molecule has 0 radical (unpaired) electrons. The standard InChI is InChI=1S/C23H30N4O3/c1-22(2)16-10-11-23(22,3)18(13-16)25-26-19(28)14-24-21(30)15-6-8-17(9-7-15)27-12-4-5-20(27)29/h6-9,16H,4-5,10-14H2,1-3H3,(H,24,30)(H,26,28)/b25-18+/t16-,23-/m1/s1. The van der Waals surface area contributed by atoms with E-state index in [0.717, 1.165) is 30.7 Å². The average Bonchev–Trinajstić information content (AvgIpc) is 3.31. The number of hydrogen-bond donors (Lipinski definition) is 2. The van der Waals surface area contributed by atoms with Gasteiger partial charge in [-0.15, -0.1) is 0 Å². The molecular formula is C23H30N4O3. The Morgan fingerprint density at radius 1 is 1.20 bits per heavy atom. The van der Waals surface area contributed by atoms with E-state index in [2.05, 4.69) is 36.6 Å². The first-order chi connectivity index (χ1) is 14.2. The lowest BCUT2D eigenvalue weighted by Crippen LogP contribution is -2.37. The molecule has 2 aliphatic carbocycles. The Balaban J connectivity index is 1.29. The van der Waals surface area contributed by atoms with Gasteiger partial charge < -0.3 is 10.2 Å². The van der Waals surface area contributed by atoms with Gasteiger partial charge in [0, 0.05) is 35.3 Å². The molecule has 2 saturated carbocycles. The van der Waals surface area contributed by atoms with Crippen LogP contribution in [-0.4, -0.2) is 36.5 Å². The van der Waals surface area contributed by atoms with Crippen LogP contribution in [0.3, 0.4) is 0 Å². The molecule has 1 aromatic carbocycles. The Kier molecular flexibility index (Phi) is 5.16. The summed E-state index contributed by atoms with van der Waals surface area (Å²) in [6.45, 7) is 7.40. The SMILES string of the molecule is CC1(C)[C@@H]2CC[C@]1(C)/C(=N/NC(=O)CNC(=O)c1ccc(N3CCCC3=O)cc1)C2. The molecule has 2 N–H and O–H groups in total. The average molecular weight is 411 g/mol. The molecule has 160 valence electrons. The number of anilines is 1. The third-order valence-corrected chi connectivity index (χ3v) is 7.75. The fraction of sp³-hybridized carbons (Fsp3) is 0.565. The number of nitrogens with zero attached hydrogens (tertiary/aromatic N) is 2. The lowest BCUT2D eigenvalue weighted by Gasteiger charge is -2.34. The second-order valence-corrected chi connectivity index (χ2v) is 9.47. The molecule has 2 bridgehead atoms. The van der Waals surface area contributed by atoms with Crippen LogP contribution in [-0.2, 0) is 9.59 Å². The summed E-state index contributed by atoms with van der Waals surface area (Å²) in [6, 6.07) is 6.88. The molecule has 3 aliphatic rings. The van der Waals surface area contributed by atoms with Gasteiger partial charge in [0.2, 0.25) is 5.91 Å². The molecule has 3 amide bonds. The predicted molar refractivity (Wildman–Crippen MR) is 115 cm³/mol. The number of benzene rings is 1. The zero-order valence-electron chi connectivity index (χ0n) is 18.0. The number of nitrogens with one attached hydrogen (secondary N) is 2. The van der Waals surface area contributed by atoms with Crippen LogP contribution >= 0.6 is 0 Å². The highest BCUT2D eigenvalue weighted by Gasteiger charge is 2.60. The van der Waals surface area contributed by atoms with E-state index in [1.807, 2.05) is 0 Å². The monoisotopic (exact) mass is 410 g/mol. The molecule has 30 heavy (non-hydrogen) atoms. The molecule has 0 aromatic heterocycles. The van der Waals surface area contributed by atoms with Crippen molar-refractivity contribution in [3.63, 3.8) is 0 Å². The molecule has 1 saturated heterocycles. The minimum absolute atomic E-state index is 0.0344. The van der Waals surface area contributed by atoms with Gasteiger partial charge in [0.25, 0.3) is 11.8 Å². The minimum Gasteiger partial charge on any atom is -0.343 e. The van der Waals surface area contributed by atoms with Crippen molar-refractivity contribution in [2.45, 2.75) is 52.9 Å². The smallest absolute Gasteiger partial charge is 0.259 e. The van der Waals surface area contributed by atoms with Crippen molar-refractivity contribution in [2.24, 2.45) is 21.8 Å². The van der Waals surface area contributed by atoms with Gasteiger partial charge in [-0.3, -0.25) is 14.4 Å². The van der Waals surface area contributed by atoms with Crippen molar-refractivity contribution in [3.05, 3.63) is 29.8 Å². The summed E-state index contributed by atoms with van der Waals surface area (Å²) in [7, 11) is 0. The maximum Gasteiger partial charge on any atom is 0.259 e. The van der Waals surface area contributed by atoms with Gasteiger partial charge in [0.05, 0.1) is 6.54 Å². The largest absolute Gasteiger partial charge is 0.343 e. The molecule has 0 unspecified atom stereocenters. The number of rotatable bonds is 5. The van der Waals surface area contributed by atoms with E-state index in [-0.39, 0.29) is 35.1 Å². The van der Waals surface area contributed by atoms with Crippen molar-refractivity contribution in [1.82, 2.24) is 10.7 Å². The Morgan fingerprint density at radius 3 is 2.50 bits per heavy atom. The van der Waals surface area contributed by atoms with Crippen LogP contribution in [0.25, 0.3) is 0 Å². The highest BCUT2D eigenvalue weighted by atomic mass is 16.2. The van der Waals surface area contributed by atoms with Crippen LogP contribution in [0, 0.1) is 16.7 Å². The van der Waals surface area contributed by atoms with Gasteiger partial charge in [0.1, 0.15) is 0 Å². The second kappa shape index (κ2) is 7.52. The van der Waals surface area contributed by atoms with Crippen LogP contribution in [0.15, 0.2) is 29.4 Å². The maximum atomic E-state index is 12.3. The number of carbonyl (C=O) groups excluding carboxylic acids is 3. The van der Waals surface area contributed by atoms with Crippen molar-refractivity contribution in [3.8, 4) is 0 Å². The third-order valence-electron chi connectivity index (χ3n) is 7.75. The summed E-state index contributed by atoms with van der Waals surface area (Å²) in [5.41, 5.74) is 5.17. The molecule has 4 rings (SSSR count). The molecule has 7 heteroatoms. The number of hydrazone groups is 1. The fourth-order valence-corrected chi connectivity index (χ4v) is 5.24. The highest BCUT2D eigenvalue weighted by molar-refractivity contribution is 5.99. The van der Waals surface area contributed by atoms with Gasteiger partial charge >= 0.3 is 0 Å². The van der Waals surface area contributed by atoms with Crippen LogP contribution < -0.4 is 15.6 Å². The Hall–Kier alpha value is -2.70. The molecule has 1 aromatic rings. The molecular weight excluding hydrogens is 380 g/mol. The van der Waals surface area contributed by atoms with Crippen LogP contribution in [0.4, 0.5) is 5.69 Å². The zero-order chi connectivity index (χ0) is 21.5. The quantitative estimate of drug-likeness (QED) is 0.732. The molecule has 1 aliphatic heterocycles. The van der Waals surface area contributed by atoms with Crippen molar-refractivity contribution in [2.75, 3.05) is 18.0 Å². The Labute approximate surface area is 177 Å². The first-order valence-corrected chi connectivity index (χ1v) is 10.8. The second-order valence-electron chi connectivity index (χ2n) is 9.47. The molecule has 0 spiro atoms. The van der Waals surface area contributed by atoms with E-state index < -0.39 is 0 Å². The van der Waals surface area contributed by atoms with Gasteiger partial charge in [0.15, 0.2) is 0 Å². The highest BCUT2D eigenvalue weighted by Crippen LogP contribution is 2.63. The molecule has 7 nitrogen and oxygen atoms in total.